The van der Waals surface area contributed by atoms with Crippen LogP contribution in [-0.4, -0.2) is 16.4 Å². The van der Waals surface area contributed by atoms with Crippen molar-refractivity contribution in [3.63, 3.8) is 0 Å². The molecule has 0 N–H and O–H groups in total. The molecule has 1 heterocycles. The van der Waals surface area contributed by atoms with Gasteiger partial charge in [-0.25, -0.2) is 8.78 Å². The summed E-state index contributed by atoms with van der Waals surface area (Å²) in [4.78, 5) is 8.10. The average molecular weight is 234 g/mol. The van der Waals surface area contributed by atoms with Gasteiger partial charge >= 0.3 is 0 Å². The molecule has 1 unspecified atom stereocenters. The lowest BCUT2D eigenvalue weighted by Gasteiger charge is -2.11. The number of hydrogen-bond donors (Lipinski definition) is 0. The Morgan fingerprint density at radius 3 is 2.65 bits per heavy atom. The largest absolute Gasteiger partial charge is 0.261 e. The van der Waals surface area contributed by atoms with E-state index in [1.54, 1.807) is 36.8 Å². The van der Waals surface area contributed by atoms with Gasteiger partial charge < -0.3 is 0 Å². The lowest BCUT2D eigenvalue weighted by molar-refractivity contribution is 0.121. The zero-order chi connectivity index (χ0) is 12.3. The topological polar surface area (TPSA) is 25.8 Å². The maximum Gasteiger partial charge on any atom is 0.245 e. The highest BCUT2D eigenvalue weighted by Gasteiger charge is 2.17. The van der Waals surface area contributed by atoms with Crippen molar-refractivity contribution in [1.82, 2.24) is 9.97 Å². The molecule has 2 aromatic rings. The van der Waals surface area contributed by atoms with E-state index < -0.39 is 12.3 Å². The lowest BCUT2D eigenvalue weighted by Crippen LogP contribution is -2.04. The molecule has 88 valence electrons. The predicted octanol–water partition coefficient (Wildman–Crippen LogP) is 3.51. The van der Waals surface area contributed by atoms with Gasteiger partial charge in [-0.1, -0.05) is 25.1 Å². The van der Waals surface area contributed by atoms with Gasteiger partial charge in [0.2, 0.25) is 6.43 Å². The second kappa shape index (κ2) is 4.99. The quantitative estimate of drug-likeness (QED) is 0.812. The van der Waals surface area contributed by atoms with E-state index in [0.717, 1.165) is 5.56 Å². The number of nitrogens with zero attached hydrogens (tertiary/aromatic N) is 2. The van der Waals surface area contributed by atoms with Crippen molar-refractivity contribution in [1.29, 1.82) is 0 Å². The molecule has 0 fully saturated rings. The monoisotopic (exact) mass is 234 g/mol. The molecule has 0 saturated heterocycles. The van der Waals surface area contributed by atoms with E-state index >= 15 is 0 Å². The van der Waals surface area contributed by atoms with Crippen LogP contribution in [0, 0.1) is 0 Å². The Kier molecular flexibility index (Phi) is 3.42. The minimum atomic E-state index is -2.35. The van der Waals surface area contributed by atoms with Gasteiger partial charge in [0.25, 0.3) is 0 Å². The summed E-state index contributed by atoms with van der Waals surface area (Å²) in [6.07, 6.45) is 2.42. The van der Waals surface area contributed by atoms with Gasteiger partial charge in [0, 0.05) is 23.9 Å². The number of benzene rings is 1. The second-order valence-electron chi connectivity index (χ2n) is 3.84. The van der Waals surface area contributed by atoms with Crippen LogP contribution in [-0.2, 0) is 0 Å². The summed E-state index contributed by atoms with van der Waals surface area (Å²) in [5.74, 6) is -0.772. The van der Waals surface area contributed by atoms with E-state index in [1.165, 1.54) is 6.92 Å². The van der Waals surface area contributed by atoms with Gasteiger partial charge in [0.1, 0.15) is 0 Å². The van der Waals surface area contributed by atoms with E-state index in [9.17, 15) is 8.78 Å². The molecule has 17 heavy (non-hydrogen) atoms. The average Bonchev–Trinajstić information content (AvgIpc) is 2.39. The minimum Gasteiger partial charge on any atom is -0.261 e. The molecular formula is C13H12F2N2. The van der Waals surface area contributed by atoms with Crippen LogP contribution in [0.3, 0.4) is 0 Å². The third-order valence-corrected chi connectivity index (χ3v) is 2.65. The fourth-order valence-corrected chi connectivity index (χ4v) is 1.57. The van der Waals surface area contributed by atoms with Crippen LogP contribution >= 0.6 is 0 Å². The van der Waals surface area contributed by atoms with Crippen LogP contribution in [0.15, 0.2) is 42.9 Å². The molecule has 0 bridgehead atoms. The number of halogens is 2. The highest BCUT2D eigenvalue weighted by molar-refractivity contribution is 5.59. The third-order valence-electron chi connectivity index (χ3n) is 2.65. The first-order chi connectivity index (χ1) is 8.18. The van der Waals surface area contributed by atoms with Crippen molar-refractivity contribution in [2.45, 2.75) is 19.3 Å². The first-order valence-corrected chi connectivity index (χ1v) is 5.33. The first-order valence-electron chi connectivity index (χ1n) is 5.33. The summed E-state index contributed by atoms with van der Waals surface area (Å²) in [5.41, 5.74) is 2.11. The van der Waals surface area contributed by atoms with E-state index in [1.807, 2.05) is 6.07 Å². The van der Waals surface area contributed by atoms with Crippen molar-refractivity contribution in [3.05, 3.63) is 48.4 Å². The smallest absolute Gasteiger partial charge is 0.245 e. The van der Waals surface area contributed by atoms with Crippen molar-refractivity contribution in [2.75, 3.05) is 0 Å². The van der Waals surface area contributed by atoms with Crippen LogP contribution in [0.1, 0.15) is 18.4 Å². The summed E-state index contributed by atoms with van der Waals surface area (Å²) in [7, 11) is 0. The molecular weight excluding hydrogens is 222 g/mol. The Labute approximate surface area is 98.4 Å². The molecule has 2 nitrogen and oxygen atoms in total. The summed E-state index contributed by atoms with van der Waals surface area (Å²) < 4.78 is 25.2. The summed E-state index contributed by atoms with van der Waals surface area (Å²) in [6.45, 7) is 1.51. The van der Waals surface area contributed by atoms with Gasteiger partial charge in [-0.15, -0.1) is 0 Å². The molecule has 0 spiro atoms. The van der Waals surface area contributed by atoms with Gasteiger partial charge in [-0.05, 0) is 11.6 Å². The third kappa shape index (κ3) is 2.64. The number of hydrogen-bond acceptors (Lipinski definition) is 2. The molecule has 0 aliphatic rings. The van der Waals surface area contributed by atoms with Crippen molar-refractivity contribution in [2.24, 2.45) is 0 Å². The lowest BCUT2D eigenvalue weighted by atomic mass is 9.98. The van der Waals surface area contributed by atoms with Gasteiger partial charge in [0.15, 0.2) is 0 Å². The highest BCUT2D eigenvalue weighted by atomic mass is 19.3. The molecule has 1 atom stereocenters. The van der Waals surface area contributed by atoms with E-state index in [4.69, 9.17) is 0 Å². The van der Waals surface area contributed by atoms with Crippen LogP contribution in [0.2, 0.25) is 0 Å². The SMILES string of the molecule is CC(c1cccc(-c2cnccn2)c1)C(F)F. The Hall–Kier alpha value is -1.84. The number of alkyl halides is 2. The summed E-state index contributed by atoms with van der Waals surface area (Å²) >= 11 is 0. The van der Waals surface area contributed by atoms with E-state index in [2.05, 4.69) is 9.97 Å². The van der Waals surface area contributed by atoms with Crippen molar-refractivity contribution in [3.8, 4) is 11.3 Å². The molecule has 0 radical (unpaired) electrons. The van der Waals surface area contributed by atoms with Crippen LogP contribution in [0.4, 0.5) is 8.78 Å². The number of rotatable bonds is 3. The van der Waals surface area contributed by atoms with Crippen LogP contribution in [0.5, 0.6) is 0 Å². The molecule has 0 aliphatic carbocycles. The second-order valence-corrected chi connectivity index (χ2v) is 3.84. The fourth-order valence-electron chi connectivity index (χ4n) is 1.57. The van der Waals surface area contributed by atoms with Crippen LogP contribution < -0.4 is 0 Å². The number of aromatic nitrogens is 2. The normalized spacial score (nSPS) is 12.7. The maximum atomic E-state index is 12.6. The van der Waals surface area contributed by atoms with E-state index in [-0.39, 0.29) is 0 Å². The minimum absolute atomic E-state index is 0.614. The molecule has 1 aromatic carbocycles. The summed E-state index contributed by atoms with van der Waals surface area (Å²) in [5, 5.41) is 0. The van der Waals surface area contributed by atoms with Crippen LogP contribution in [0.25, 0.3) is 11.3 Å². The van der Waals surface area contributed by atoms with Gasteiger partial charge in [-0.3, -0.25) is 9.97 Å². The molecule has 0 amide bonds. The van der Waals surface area contributed by atoms with E-state index in [0.29, 0.717) is 11.3 Å². The molecule has 1 aromatic heterocycles. The molecule has 0 aliphatic heterocycles. The standard InChI is InChI=1S/C13H12F2N2/c1-9(13(14)15)10-3-2-4-11(7-10)12-8-16-5-6-17-12/h2-9,13H,1H3. The zero-order valence-corrected chi connectivity index (χ0v) is 9.35. The Morgan fingerprint density at radius 2 is 2.00 bits per heavy atom. The summed E-state index contributed by atoms with van der Waals surface area (Å²) in [6, 6.07) is 7.04. The predicted molar refractivity (Wildman–Crippen MR) is 61.9 cm³/mol. The maximum absolute atomic E-state index is 12.6. The molecule has 2 rings (SSSR count). The highest BCUT2D eigenvalue weighted by Crippen LogP contribution is 2.26. The zero-order valence-electron chi connectivity index (χ0n) is 9.35. The molecule has 0 saturated carbocycles. The Balaban J connectivity index is 2.35. The molecule has 4 heteroatoms. The Morgan fingerprint density at radius 1 is 1.18 bits per heavy atom. The van der Waals surface area contributed by atoms with Gasteiger partial charge in [0.05, 0.1) is 11.9 Å². The Bertz CT molecular complexity index is 486. The van der Waals surface area contributed by atoms with Crippen molar-refractivity contribution >= 4 is 0 Å². The fraction of sp³-hybridized carbons (Fsp3) is 0.231. The van der Waals surface area contributed by atoms with Gasteiger partial charge in [-0.2, -0.15) is 0 Å². The first kappa shape index (κ1) is 11.6. The van der Waals surface area contributed by atoms with Crippen molar-refractivity contribution < 1.29 is 8.78 Å².